The van der Waals surface area contributed by atoms with Crippen LogP contribution in [0.25, 0.3) is 0 Å². The van der Waals surface area contributed by atoms with Crippen molar-refractivity contribution in [3.63, 3.8) is 0 Å². The van der Waals surface area contributed by atoms with E-state index in [1.807, 2.05) is 0 Å². The van der Waals surface area contributed by atoms with Crippen LogP contribution >= 0.6 is 15.9 Å². The molecule has 70 valence electrons. The quantitative estimate of drug-likeness (QED) is 0.589. The lowest BCUT2D eigenvalue weighted by Crippen LogP contribution is -1.98. The van der Waals surface area contributed by atoms with Gasteiger partial charge in [0, 0.05) is 17.3 Å². The minimum absolute atomic E-state index is 0.0262. The number of carbonyl (C=O) groups is 1. The zero-order chi connectivity index (χ0) is 9.84. The maximum Gasteiger partial charge on any atom is 0.162 e. The predicted octanol–water partition coefficient (Wildman–Crippen LogP) is 3.31. The van der Waals surface area contributed by atoms with E-state index in [-0.39, 0.29) is 11.6 Å². The van der Waals surface area contributed by atoms with Crippen molar-refractivity contribution in [3.05, 3.63) is 35.1 Å². The Morgan fingerprint density at radius 3 is 2.69 bits per heavy atom. The number of benzene rings is 1. The van der Waals surface area contributed by atoms with Crippen molar-refractivity contribution in [3.8, 4) is 0 Å². The highest BCUT2D eigenvalue weighted by atomic mass is 79.9. The number of halogens is 2. The third kappa shape index (κ3) is 2.62. The smallest absolute Gasteiger partial charge is 0.162 e. The Kier molecular flexibility index (Phi) is 3.60. The lowest BCUT2D eigenvalue weighted by molar-refractivity contribution is 0.0987. The first-order valence-corrected chi connectivity index (χ1v) is 5.18. The molecule has 0 amide bonds. The summed E-state index contributed by atoms with van der Waals surface area (Å²) in [5, 5.41) is 0.564. The van der Waals surface area contributed by atoms with Crippen molar-refractivity contribution < 1.29 is 9.18 Å². The highest BCUT2D eigenvalue weighted by molar-refractivity contribution is 9.08. The Morgan fingerprint density at radius 2 is 2.15 bits per heavy atom. The minimum atomic E-state index is -0.353. The minimum Gasteiger partial charge on any atom is -0.294 e. The molecule has 3 heteroatoms. The molecule has 0 heterocycles. The SMILES string of the molecule is CCC(=O)c1cc(F)cc(CBr)c1. The van der Waals surface area contributed by atoms with Gasteiger partial charge in [-0.15, -0.1) is 0 Å². The summed E-state index contributed by atoms with van der Waals surface area (Å²) < 4.78 is 12.9. The topological polar surface area (TPSA) is 17.1 Å². The molecular weight excluding hydrogens is 235 g/mol. The fourth-order valence-electron chi connectivity index (χ4n) is 1.09. The molecule has 13 heavy (non-hydrogen) atoms. The van der Waals surface area contributed by atoms with E-state index >= 15 is 0 Å². The summed E-state index contributed by atoms with van der Waals surface area (Å²) in [4.78, 5) is 11.3. The van der Waals surface area contributed by atoms with Gasteiger partial charge in [-0.1, -0.05) is 22.9 Å². The summed E-state index contributed by atoms with van der Waals surface area (Å²) in [6.07, 6.45) is 0.408. The number of Topliss-reactive ketones (excluding diaryl/α,β-unsaturated/α-hetero) is 1. The van der Waals surface area contributed by atoms with Gasteiger partial charge < -0.3 is 0 Å². The van der Waals surface area contributed by atoms with Crippen molar-refractivity contribution in [2.75, 3.05) is 0 Å². The van der Waals surface area contributed by atoms with E-state index in [4.69, 9.17) is 0 Å². The molecular formula is C10H10BrFO. The molecule has 0 unspecified atom stereocenters. The van der Waals surface area contributed by atoms with E-state index in [1.54, 1.807) is 13.0 Å². The van der Waals surface area contributed by atoms with E-state index in [0.29, 0.717) is 17.3 Å². The molecule has 0 radical (unpaired) electrons. The van der Waals surface area contributed by atoms with Crippen LogP contribution in [-0.4, -0.2) is 5.78 Å². The molecule has 0 aliphatic rings. The van der Waals surface area contributed by atoms with Crippen molar-refractivity contribution in [2.45, 2.75) is 18.7 Å². The standard InChI is InChI=1S/C10H10BrFO/c1-2-10(13)8-3-7(6-11)4-9(12)5-8/h3-5H,2,6H2,1H3. The zero-order valence-corrected chi connectivity index (χ0v) is 8.90. The van der Waals surface area contributed by atoms with Crippen LogP contribution in [0.4, 0.5) is 4.39 Å². The third-order valence-electron chi connectivity index (χ3n) is 1.75. The first-order valence-electron chi connectivity index (χ1n) is 4.06. The number of alkyl halides is 1. The molecule has 1 nitrogen and oxygen atoms in total. The van der Waals surface area contributed by atoms with Crippen LogP contribution in [0.15, 0.2) is 18.2 Å². The molecule has 1 rings (SSSR count). The van der Waals surface area contributed by atoms with Crippen LogP contribution in [0.3, 0.4) is 0 Å². The lowest BCUT2D eigenvalue weighted by Gasteiger charge is -2.01. The molecule has 0 N–H and O–H groups in total. The molecule has 0 atom stereocenters. The number of ketones is 1. The molecule has 0 aromatic heterocycles. The van der Waals surface area contributed by atoms with Crippen LogP contribution in [0.1, 0.15) is 29.3 Å². The zero-order valence-electron chi connectivity index (χ0n) is 7.31. The number of hydrogen-bond donors (Lipinski definition) is 0. The summed E-state index contributed by atoms with van der Waals surface area (Å²) in [6, 6.07) is 4.41. The second-order valence-electron chi connectivity index (χ2n) is 2.76. The normalized spacial score (nSPS) is 10.1. The Hall–Kier alpha value is -0.700. The van der Waals surface area contributed by atoms with Gasteiger partial charge >= 0.3 is 0 Å². The van der Waals surface area contributed by atoms with Gasteiger partial charge in [-0.05, 0) is 23.8 Å². The van der Waals surface area contributed by atoms with Crippen molar-refractivity contribution in [1.82, 2.24) is 0 Å². The summed E-state index contributed by atoms with van der Waals surface area (Å²) >= 11 is 3.22. The molecule has 1 aromatic rings. The molecule has 0 saturated carbocycles. The average Bonchev–Trinajstić information content (AvgIpc) is 2.15. The van der Waals surface area contributed by atoms with Gasteiger partial charge in [-0.3, -0.25) is 4.79 Å². The van der Waals surface area contributed by atoms with Crippen molar-refractivity contribution in [2.24, 2.45) is 0 Å². The first-order chi connectivity index (χ1) is 6.17. The summed E-state index contributed by atoms with van der Waals surface area (Å²) in [6.45, 7) is 1.76. The molecule has 0 bridgehead atoms. The average molecular weight is 245 g/mol. The van der Waals surface area contributed by atoms with E-state index in [1.165, 1.54) is 12.1 Å². The summed E-state index contributed by atoms with van der Waals surface area (Å²) in [5.74, 6) is -0.379. The largest absolute Gasteiger partial charge is 0.294 e. The Labute approximate surface area is 85.1 Å². The Morgan fingerprint density at radius 1 is 1.46 bits per heavy atom. The van der Waals surface area contributed by atoms with Crippen molar-refractivity contribution >= 4 is 21.7 Å². The van der Waals surface area contributed by atoms with Crippen LogP contribution < -0.4 is 0 Å². The monoisotopic (exact) mass is 244 g/mol. The summed E-state index contributed by atoms with van der Waals surface area (Å²) in [7, 11) is 0. The van der Waals surface area contributed by atoms with Gasteiger partial charge in [0.2, 0.25) is 0 Å². The second-order valence-corrected chi connectivity index (χ2v) is 3.32. The van der Waals surface area contributed by atoms with Gasteiger partial charge in [0.25, 0.3) is 0 Å². The van der Waals surface area contributed by atoms with Crippen LogP contribution in [-0.2, 0) is 5.33 Å². The number of rotatable bonds is 3. The molecule has 0 fully saturated rings. The lowest BCUT2D eigenvalue weighted by atomic mass is 10.1. The third-order valence-corrected chi connectivity index (χ3v) is 2.40. The van der Waals surface area contributed by atoms with Crippen LogP contribution in [0, 0.1) is 5.82 Å². The molecule has 1 aromatic carbocycles. The molecule has 0 saturated heterocycles. The van der Waals surface area contributed by atoms with Crippen molar-refractivity contribution in [1.29, 1.82) is 0 Å². The van der Waals surface area contributed by atoms with Gasteiger partial charge in [-0.2, -0.15) is 0 Å². The highest BCUT2D eigenvalue weighted by Crippen LogP contribution is 2.13. The predicted molar refractivity (Wildman–Crippen MR) is 53.7 cm³/mol. The number of hydrogen-bond acceptors (Lipinski definition) is 1. The Bertz CT molecular complexity index is 323. The molecule has 0 aliphatic carbocycles. The molecule has 0 aliphatic heterocycles. The van der Waals surface area contributed by atoms with Crippen LogP contribution in [0.2, 0.25) is 0 Å². The van der Waals surface area contributed by atoms with E-state index in [2.05, 4.69) is 15.9 Å². The highest BCUT2D eigenvalue weighted by Gasteiger charge is 2.06. The summed E-state index contributed by atoms with van der Waals surface area (Å²) in [5.41, 5.74) is 1.24. The second kappa shape index (κ2) is 4.51. The van der Waals surface area contributed by atoms with Gasteiger partial charge in [0.15, 0.2) is 5.78 Å². The van der Waals surface area contributed by atoms with Gasteiger partial charge in [-0.25, -0.2) is 4.39 Å². The fraction of sp³-hybridized carbons (Fsp3) is 0.300. The van der Waals surface area contributed by atoms with E-state index in [0.717, 1.165) is 5.56 Å². The first kappa shape index (κ1) is 10.4. The van der Waals surface area contributed by atoms with E-state index < -0.39 is 0 Å². The van der Waals surface area contributed by atoms with Gasteiger partial charge in [0.1, 0.15) is 5.82 Å². The maximum atomic E-state index is 12.9. The van der Waals surface area contributed by atoms with Crippen LogP contribution in [0.5, 0.6) is 0 Å². The van der Waals surface area contributed by atoms with E-state index in [9.17, 15) is 9.18 Å². The maximum absolute atomic E-state index is 12.9. The Balaban J connectivity index is 3.08. The molecule has 0 spiro atoms. The fourth-order valence-corrected chi connectivity index (χ4v) is 1.42. The van der Waals surface area contributed by atoms with Gasteiger partial charge in [0.05, 0.1) is 0 Å². The number of carbonyl (C=O) groups excluding carboxylic acids is 1.